The number of phenolic OH excluding ortho intramolecular Hbond substituents is 1. The molecule has 33 heavy (non-hydrogen) atoms. The number of amides is 1. The molecule has 0 aromatic heterocycles. The smallest absolute Gasteiger partial charge is 0.239 e. The largest absolute Gasteiger partial charge is 0.507 e. The molecule has 4 rings (SSSR count). The number of hydrogen-bond donors (Lipinski definition) is 3. The number of aromatic hydroxyl groups is 1. The van der Waals surface area contributed by atoms with Crippen LogP contribution in [0, 0.1) is 26.2 Å². The fraction of sp³-hybridized carbons (Fsp3) is 0.400. The Hall–Kier alpha value is -3.00. The molecule has 2 atom stereocenters. The van der Waals surface area contributed by atoms with Crippen molar-refractivity contribution in [3.05, 3.63) is 52.1 Å². The molecule has 2 aliphatic rings. The monoisotopic (exact) mass is 468 g/mol. The summed E-state index contributed by atoms with van der Waals surface area (Å²) in [5.74, 6) is 1.27. The molecule has 0 spiro atoms. The Morgan fingerprint density at radius 2 is 1.88 bits per heavy atom. The van der Waals surface area contributed by atoms with Crippen molar-refractivity contribution in [2.24, 2.45) is 0 Å². The number of amidine groups is 1. The Kier molecular flexibility index (Phi) is 6.14. The van der Waals surface area contributed by atoms with Gasteiger partial charge < -0.3 is 19.9 Å². The van der Waals surface area contributed by atoms with Crippen molar-refractivity contribution in [3.63, 3.8) is 0 Å². The van der Waals surface area contributed by atoms with Gasteiger partial charge in [-0.15, -0.1) is 0 Å². The summed E-state index contributed by atoms with van der Waals surface area (Å²) < 4.78 is 12.2. The Morgan fingerprint density at radius 3 is 2.52 bits per heavy atom. The number of carbonyl (C=O) groups excluding carboxylic acids is 2. The molecule has 0 radical (unpaired) electrons. The van der Waals surface area contributed by atoms with Crippen LogP contribution in [-0.4, -0.2) is 39.4 Å². The fourth-order valence-electron chi connectivity index (χ4n) is 4.29. The lowest BCUT2D eigenvalue weighted by molar-refractivity contribution is -0.118. The number of carbonyl (C=O) groups is 2. The minimum atomic E-state index is -0.692. The van der Waals surface area contributed by atoms with Crippen molar-refractivity contribution in [2.45, 2.75) is 57.8 Å². The van der Waals surface area contributed by atoms with Crippen molar-refractivity contribution in [1.29, 1.82) is 5.41 Å². The van der Waals surface area contributed by atoms with E-state index in [9.17, 15) is 14.7 Å². The molecule has 2 aliphatic heterocycles. The SMILES string of the molecule is Cc1c(C)c2c(c(C)c1O)C(=O)CC(C)(CCOc1ccc(CC3SC(=N)NC3=O)cc1)O2. The van der Waals surface area contributed by atoms with Crippen LogP contribution in [-0.2, 0) is 11.2 Å². The molecule has 2 aromatic rings. The quantitative estimate of drug-likeness (QED) is 0.586. The van der Waals surface area contributed by atoms with Gasteiger partial charge in [0.1, 0.15) is 22.8 Å². The van der Waals surface area contributed by atoms with Gasteiger partial charge in [0.25, 0.3) is 0 Å². The second kappa shape index (κ2) is 8.74. The van der Waals surface area contributed by atoms with Gasteiger partial charge in [0.05, 0.1) is 23.8 Å². The maximum atomic E-state index is 12.9. The number of nitrogens with one attached hydrogen (secondary N) is 2. The van der Waals surface area contributed by atoms with Gasteiger partial charge in [-0.3, -0.25) is 15.0 Å². The zero-order valence-electron chi connectivity index (χ0n) is 19.2. The first-order valence-corrected chi connectivity index (χ1v) is 11.8. The average molecular weight is 469 g/mol. The molecule has 1 fully saturated rings. The second-order valence-corrected chi connectivity index (χ2v) is 10.2. The number of ether oxygens (including phenoxy) is 2. The summed E-state index contributed by atoms with van der Waals surface area (Å²) in [5.41, 5.74) is 2.87. The molecule has 0 bridgehead atoms. The van der Waals surface area contributed by atoms with E-state index >= 15 is 0 Å². The highest BCUT2D eigenvalue weighted by molar-refractivity contribution is 8.15. The summed E-state index contributed by atoms with van der Waals surface area (Å²) in [6.45, 7) is 7.73. The van der Waals surface area contributed by atoms with Crippen LogP contribution in [0.25, 0.3) is 0 Å². The van der Waals surface area contributed by atoms with Crippen molar-refractivity contribution in [2.75, 3.05) is 6.61 Å². The van der Waals surface area contributed by atoms with E-state index in [-0.39, 0.29) is 34.3 Å². The molecule has 2 unspecified atom stereocenters. The predicted octanol–water partition coefficient (Wildman–Crippen LogP) is 4.22. The van der Waals surface area contributed by atoms with Crippen LogP contribution < -0.4 is 14.8 Å². The van der Waals surface area contributed by atoms with E-state index in [0.717, 1.165) is 16.7 Å². The highest BCUT2D eigenvalue weighted by atomic mass is 32.2. The van der Waals surface area contributed by atoms with Crippen molar-refractivity contribution in [1.82, 2.24) is 5.32 Å². The van der Waals surface area contributed by atoms with E-state index in [2.05, 4.69) is 5.32 Å². The van der Waals surface area contributed by atoms with Crippen LogP contribution in [0.2, 0.25) is 0 Å². The van der Waals surface area contributed by atoms with Gasteiger partial charge in [0.2, 0.25) is 5.91 Å². The van der Waals surface area contributed by atoms with Gasteiger partial charge >= 0.3 is 0 Å². The van der Waals surface area contributed by atoms with E-state index in [0.29, 0.717) is 42.1 Å². The Bertz CT molecular complexity index is 1140. The number of rotatable bonds is 6. The first-order chi connectivity index (χ1) is 15.6. The summed E-state index contributed by atoms with van der Waals surface area (Å²) in [5, 5.41) is 20.3. The van der Waals surface area contributed by atoms with Gasteiger partial charge in [-0.2, -0.15) is 0 Å². The fourth-order valence-corrected chi connectivity index (χ4v) is 5.18. The van der Waals surface area contributed by atoms with E-state index in [1.165, 1.54) is 11.8 Å². The Morgan fingerprint density at radius 1 is 1.18 bits per heavy atom. The molecular weight excluding hydrogens is 440 g/mol. The second-order valence-electron chi connectivity index (χ2n) is 8.95. The van der Waals surface area contributed by atoms with Crippen LogP contribution in [0.3, 0.4) is 0 Å². The zero-order chi connectivity index (χ0) is 23.9. The van der Waals surface area contributed by atoms with Crippen LogP contribution in [0.15, 0.2) is 24.3 Å². The molecule has 174 valence electrons. The third-order valence-electron chi connectivity index (χ3n) is 6.41. The molecular formula is C25H28N2O5S. The topological polar surface area (TPSA) is 109 Å². The summed E-state index contributed by atoms with van der Waals surface area (Å²) in [7, 11) is 0. The summed E-state index contributed by atoms with van der Waals surface area (Å²) >= 11 is 1.24. The minimum absolute atomic E-state index is 0.0269. The van der Waals surface area contributed by atoms with Gasteiger partial charge in [0, 0.05) is 12.0 Å². The number of ketones is 1. The maximum Gasteiger partial charge on any atom is 0.239 e. The summed E-state index contributed by atoms with van der Waals surface area (Å²) in [6.07, 6.45) is 1.31. The molecule has 2 aromatic carbocycles. The van der Waals surface area contributed by atoms with Gasteiger partial charge in [-0.25, -0.2) is 0 Å². The summed E-state index contributed by atoms with van der Waals surface area (Å²) in [6, 6.07) is 7.57. The van der Waals surface area contributed by atoms with E-state index < -0.39 is 5.60 Å². The number of benzene rings is 2. The first kappa shape index (κ1) is 23.2. The normalized spacial score (nSPS) is 22.1. The van der Waals surface area contributed by atoms with E-state index in [1.807, 2.05) is 45.0 Å². The standard InChI is InChI=1S/C25H28N2O5S/c1-13-14(2)22-20(15(3)21(13)29)18(28)12-25(4,32-22)9-10-31-17-7-5-16(6-8-17)11-19-23(30)27-24(26)33-19/h5-8,19,29H,9-12H2,1-4H3,(H2,26,27,30). The van der Waals surface area contributed by atoms with E-state index in [4.69, 9.17) is 14.9 Å². The lowest BCUT2D eigenvalue weighted by Gasteiger charge is -2.37. The number of fused-ring (bicyclic) bond motifs is 1. The molecule has 0 aliphatic carbocycles. The van der Waals surface area contributed by atoms with Crippen LogP contribution in [0.1, 0.15) is 52.4 Å². The van der Waals surface area contributed by atoms with Crippen molar-refractivity contribution >= 4 is 28.6 Å². The number of Topliss-reactive ketones (excluding diaryl/α,β-unsaturated/α-hetero) is 1. The van der Waals surface area contributed by atoms with Crippen molar-refractivity contribution < 1.29 is 24.2 Å². The molecule has 0 saturated carbocycles. The molecule has 8 heteroatoms. The van der Waals surface area contributed by atoms with E-state index in [1.54, 1.807) is 6.92 Å². The third-order valence-corrected chi connectivity index (χ3v) is 7.41. The zero-order valence-corrected chi connectivity index (χ0v) is 20.0. The van der Waals surface area contributed by atoms with Gasteiger partial charge in [-0.05, 0) is 62.9 Å². The number of thioether (sulfide) groups is 1. The Labute approximate surface area is 197 Å². The number of phenols is 1. The summed E-state index contributed by atoms with van der Waals surface area (Å²) in [4.78, 5) is 24.7. The highest BCUT2D eigenvalue weighted by Gasteiger charge is 2.39. The van der Waals surface area contributed by atoms with Gasteiger partial charge in [-0.1, -0.05) is 23.9 Å². The van der Waals surface area contributed by atoms with Crippen LogP contribution >= 0.6 is 11.8 Å². The third kappa shape index (κ3) is 4.57. The highest BCUT2D eigenvalue weighted by Crippen LogP contribution is 2.44. The predicted molar refractivity (Wildman–Crippen MR) is 128 cm³/mol. The van der Waals surface area contributed by atoms with Crippen molar-refractivity contribution in [3.8, 4) is 17.2 Å². The molecule has 2 heterocycles. The lowest BCUT2D eigenvalue weighted by atomic mass is 9.85. The molecule has 3 N–H and O–H groups in total. The Balaban J connectivity index is 1.38. The van der Waals surface area contributed by atoms with Crippen LogP contribution in [0.4, 0.5) is 0 Å². The molecule has 7 nitrogen and oxygen atoms in total. The maximum absolute atomic E-state index is 12.9. The van der Waals surface area contributed by atoms with Gasteiger partial charge in [0.15, 0.2) is 11.0 Å². The average Bonchev–Trinajstić information content (AvgIpc) is 3.08. The first-order valence-electron chi connectivity index (χ1n) is 10.9. The van der Waals surface area contributed by atoms with Crippen LogP contribution in [0.5, 0.6) is 17.2 Å². The minimum Gasteiger partial charge on any atom is -0.507 e. The molecule has 1 amide bonds. The molecule has 1 saturated heterocycles. The number of hydrogen-bond acceptors (Lipinski definition) is 7. The lowest BCUT2D eigenvalue weighted by Crippen LogP contribution is -2.41.